The third-order valence-corrected chi connectivity index (χ3v) is 5.16. The maximum atomic E-state index is 12.4. The van der Waals surface area contributed by atoms with E-state index in [1.165, 1.54) is 4.90 Å². The van der Waals surface area contributed by atoms with E-state index in [-0.39, 0.29) is 31.2 Å². The van der Waals surface area contributed by atoms with Gasteiger partial charge >= 0.3 is 6.03 Å². The molecule has 0 aromatic heterocycles. The van der Waals surface area contributed by atoms with Crippen LogP contribution in [0.4, 0.5) is 4.79 Å². The Hall–Kier alpha value is -3.07. The summed E-state index contributed by atoms with van der Waals surface area (Å²) in [6.07, 6.45) is 0.462. The first-order valence-electron chi connectivity index (χ1n) is 9.09. The minimum absolute atomic E-state index is 0.205. The molecule has 4 rings (SSSR count). The molecule has 0 unspecified atom stereocenters. The number of halogens is 1. The van der Waals surface area contributed by atoms with Gasteiger partial charge in [-0.15, -0.1) is 0 Å². The van der Waals surface area contributed by atoms with Crippen molar-refractivity contribution in [3.05, 3.63) is 57.6 Å². The first-order chi connectivity index (χ1) is 14.0. The molecule has 0 spiro atoms. The fraction of sp³-hybridized carbons (Fsp3) is 0.250. The quantitative estimate of drug-likeness (QED) is 0.511. The molecule has 0 saturated carbocycles. The van der Waals surface area contributed by atoms with Gasteiger partial charge in [0.25, 0.3) is 11.8 Å². The zero-order valence-corrected chi connectivity index (χ0v) is 17.0. The molecule has 0 radical (unpaired) electrons. The molecule has 0 saturated heterocycles. The summed E-state index contributed by atoms with van der Waals surface area (Å²) < 4.78 is 11.3. The number of ether oxygens (including phenoxy) is 2. The van der Waals surface area contributed by atoms with E-state index in [1.54, 1.807) is 24.3 Å². The second-order valence-electron chi connectivity index (χ2n) is 6.60. The molecule has 2 aromatic rings. The van der Waals surface area contributed by atoms with Gasteiger partial charge in [0.2, 0.25) is 6.79 Å². The second-order valence-corrected chi connectivity index (χ2v) is 7.52. The van der Waals surface area contributed by atoms with Crippen molar-refractivity contribution < 1.29 is 23.9 Å². The van der Waals surface area contributed by atoms with Gasteiger partial charge in [-0.05, 0) is 42.3 Å². The van der Waals surface area contributed by atoms with Crippen LogP contribution in [0.25, 0.3) is 0 Å². The number of carbonyl (C=O) groups is 3. The molecule has 2 aromatic carbocycles. The normalized spacial score (nSPS) is 14.2. The van der Waals surface area contributed by atoms with E-state index in [4.69, 9.17) is 9.47 Å². The average Bonchev–Trinajstić information content (AvgIpc) is 3.27. The molecule has 150 valence electrons. The van der Waals surface area contributed by atoms with Crippen molar-refractivity contribution in [3.63, 3.8) is 0 Å². The summed E-state index contributed by atoms with van der Waals surface area (Å²) in [7, 11) is 0. The van der Waals surface area contributed by atoms with E-state index in [2.05, 4.69) is 26.6 Å². The van der Waals surface area contributed by atoms with Gasteiger partial charge in [-0.25, -0.2) is 4.79 Å². The van der Waals surface area contributed by atoms with Crippen LogP contribution in [-0.4, -0.2) is 42.6 Å². The Morgan fingerprint density at radius 2 is 1.79 bits per heavy atom. The molecule has 8 nitrogen and oxygen atoms in total. The number of imide groups is 1. The standard InChI is InChI=1S/C20H18BrN3O5/c21-13-3-4-14-15(9-13)19(26)24(18(14)25)7-1-6-22-20(27)23-10-12-2-5-16-17(8-12)29-11-28-16/h2-5,8-9H,1,6-7,10-11H2,(H2,22,23,27). The molecule has 2 aliphatic heterocycles. The van der Waals surface area contributed by atoms with E-state index in [0.29, 0.717) is 42.1 Å². The summed E-state index contributed by atoms with van der Waals surface area (Å²) in [5.74, 6) is 0.750. The van der Waals surface area contributed by atoms with Crippen LogP contribution >= 0.6 is 15.9 Å². The van der Waals surface area contributed by atoms with Crippen LogP contribution in [0.5, 0.6) is 11.5 Å². The van der Waals surface area contributed by atoms with Crippen molar-refractivity contribution in [2.45, 2.75) is 13.0 Å². The van der Waals surface area contributed by atoms with Crippen LogP contribution in [0.3, 0.4) is 0 Å². The SMILES string of the molecule is O=C(NCCCN1C(=O)c2ccc(Br)cc2C1=O)NCc1ccc2c(c1)OCO2. The van der Waals surface area contributed by atoms with Crippen molar-refractivity contribution in [2.75, 3.05) is 19.9 Å². The van der Waals surface area contributed by atoms with Crippen molar-refractivity contribution in [2.24, 2.45) is 0 Å². The maximum Gasteiger partial charge on any atom is 0.315 e. The number of urea groups is 1. The van der Waals surface area contributed by atoms with Gasteiger partial charge in [-0.1, -0.05) is 22.0 Å². The van der Waals surface area contributed by atoms with E-state index < -0.39 is 0 Å². The van der Waals surface area contributed by atoms with Gasteiger partial charge in [-0.3, -0.25) is 14.5 Å². The van der Waals surface area contributed by atoms with E-state index in [0.717, 1.165) is 10.0 Å². The molecule has 9 heteroatoms. The fourth-order valence-electron chi connectivity index (χ4n) is 3.20. The molecule has 2 aliphatic rings. The molecule has 0 bridgehead atoms. The lowest BCUT2D eigenvalue weighted by atomic mass is 10.1. The minimum atomic E-state index is -0.325. The number of rotatable bonds is 6. The molecule has 0 aliphatic carbocycles. The second kappa shape index (κ2) is 8.12. The summed E-state index contributed by atoms with van der Waals surface area (Å²) in [4.78, 5) is 37.9. The number of amides is 4. The molecule has 0 fully saturated rings. The van der Waals surface area contributed by atoms with Gasteiger partial charge < -0.3 is 20.1 Å². The summed E-state index contributed by atoms with van der Waals surface area (Å²) in [6.45, 7) is 1.13. The van der Waals surface area contributed by atoms with E-state index in [1.807, 2.05) is 12.1 Å². The highest BCUT2D eigenvalue weighted by Crippen LogP contribution is 2.32. The number of nitrogens with one attached hydrogen (secondary N) is 2. The van der Waals surface area contributed by atoms with Crippen LogP contribution in [0, 0.1) is 0 Å². The number of benzene rings is 2. The van der Waals surface area contributed by atoms with Crippen molar-refractivity contribution >= 4 is 33.8 Å². The summed E-state index contributed by atoms with van der Waals surface area (Å²) in [6, 6.07) is 10.2. The summed E-state index contributed by atoms with van der Waals surface area (Å²) >= 11 is 3.31. The monoisotopic (exact) mass is 459 g/mol. The van der Waals surface area contributed by atoms with Gasteiger partial charge in [-0.2, -0.15) is 0 Å². The lowest BCUT2D eigenvalue weighted by Gasteiger charge is -2.14. The Kier molecular flexibility index (Phi) is 5.39. The Morgan fingerprint density at radius 3 is 2.66 bits per heavy atom. The molecular weight excluding hydrogens is 442 g/mol. The van der Waals surface area contributed by atoms with Crippen LogP contribution in [0.1, 0.15) is 32.7 Å². The van der Waals surface area contributed by atoms with Gasteiger partial charge in [0, 0.05) is 24.1 Å². The van der Waals surface area contributed by atoms with Crippen LogP contribution in [0.2, 0.25) is 0 Å². The Labute approximate surface area is 175 Å². The van der Waals surface area contributed by atoms with Gasteiger partial charge in [0.05, 0.1) is 11.1 Å². The predicted octanol–water partition coefficient (Wildman–Crippen LogP) is 2.66. The zero-order valence-electron chi connectivity index (χ0n) is 15.4. The molecule has 4 amide bonds. The maximum absolute atomic E-state index is 12.4. The average molecular weight is 460 g/mol. The number of hydrogen-bond donors (Lipinski definition) is 2. The highest BCUT2D eigenvalue weighted by Gasteiger charge is 2.34. The zero-order chi connectivity index (χ0) is 20.4. The molecular formula is C20H18BrN3O5. The lowest BCUT2D eigenvalue weighted by molar-refractivity contribution is 0.0653. The minimum Gasteiger partial charge on any atom is -0.454 e. The largest absolute Gasteiger partial charge is 0.454 e. The fourth-order valence-corrected chi connectivity index (χ4v) is 3.56. The first-order valence-corrected chi connectivity index (χ1v) is 9.88. The molecule has 29 heavy (non-hydrogen) atoms. The highest BCUT2D eigenvalue weighted by molar-refractivity contribution is 9.10. The molecule has 2 N–H and O–H groups in total. The molecule has 2 heterocycles. The van der Waals surface area contributed by atoms with E-state index in [9.17, 15) is 14.4 Å². The topological polar surface area (TPSA) is 97.0 Å². The van der Waals surface area contributed by atoms with Crippen molar-refractivity contribution in [1.82, 2.24) is 15.5 Å². The first kappa shape index (κ1) is 19.3. The molecule has 0 atom stereocenters. The van der Waals surface area contributed by atoms with Gasteiger partial charge in [0.15, 0.2) is 11.5 Å². The van der Waals surface area contributed by atoms with E-state index >= 15 is 0 Å². The number of fused-ring (bicyclic) bond motifs is 2. The highest BCUT2D eigenvalue weighted by atomic mass is 79.9. The van der Waals surface area contributed by atoms with Gasteiger partial charge in [0.1, 0.15) is 0 Å². The third kappa shape index (κ3) is 4.04. The Morgan fingerprint density at radius 1 is 1.00 bits per heavy atom. The predicted molar refractivity (Wildman–Crippen MR) is 107 cm³/mol. The number of carbonyl (C=O) groups excluding carboxylic acids is 3. The van der Waals surface area contributed by atoms with Crippen LogP contribution < -0.4 is 20.1 Å². The van der Waals surface area contributed by atoms with Crippen molar-refractivity contribution in [3.8, 4) is 11.5 Å². The third-order valence-electron chi connectivity index (χ3n) is 4.67. The Balaban J connectivity index is 1.20. The summed E-state index contributed by atoms with van der Waals surface area (Å²) in [5.41, 5.74) is 1.70. The van der Waals surface area contributed by atoms with Crippen LogP contribution in [0.15, 0.2) is 40.9 Å². The Bertz CT molecular complexity index is 994. The lowest BCUT2D eigenvalue weighted by Crippen LogP contribution is -2.37. The van der Waals surface area contributed by atoms with Crippen molar-refractivity contribution in [1.29, 1.82) is 0 Å². The number of nitrogens with zero attached hydrogens (tertiary/aromatic N) is 1. The summed E-state index contributed by atoms with van der Waals surface area (Å²) in [5, 5.41) is 5.48. The smallest absolute Gasteiger partial charge is 0.315 e. The number of hydrogen-bond acceptors (Lipinski definition) is 5. The van der Waals surface area contributed by atoms with Crippen LogP contribution in [-0.2, 0) is 6.54 Å².